The van der Waals surface area contributed by atoms with Gasteiger partial charge >= 0.3 is 6.09 Å². The zero-order valence-electron chi connectivity index (χ0n) is 26.3. The van der Waals surface area contributed by atoms with Gasteiger partial charge in [-0.2, -0.15) is 0 Å². The highest BCUT2D eigenvalue weighted by Gasteiger charge is 2.51. The van der Waals surface area contributed by atoms with Gasteiger partial charge in [-0.05, 0) is 52.7 Å². The lowest BCUT2D eigenvalue weighted by Gasteiger charge is -2.39. The minimum Gasteiger partial charge on any atom is -0.442 e. The van der Waals surface area contributed by atoms with Crippen LogP contribution in [-0.2, 0) is 28.5 Å². The van der Waals surface area contributed by atoms with Crippen molar-refractivity contribution >= 4 is 17.9 Å². The largest absolute Gasteiger partial charge is 0.442 e. The molecule has 11 heteroatoms. The molecule has 1 spiro atoms. The second-order valence-corrected chi connectivity index (χ2v) is 12.8. The summed E-state index contributed by atoms with van der Waals surface area (Å²) in [6, 6.07) is -0.106. The fourth-order valence-corrected chi connectivity index (χ4v) is 6.06. The van der Waals surface area contributed by atoms with Crippen molar-refractivity contribution in [2.24, 2.45) is 11.7 Å². The first-order valence-electron chi connectivity index (χ1n) is 15.6. The van der Waals surface area contributed by atoms with Crippen LogP contribution in [0.4, 0.5) is 4.79 Å². The average Bonchev–Trinajstić information content (AvgIpc) is 3.68. The topological polar surface area (TPSA) is 136 Å². The smallest absolute Gasteiger partial charge is 0.410 e. The maximum Gasteiger partial charge on any atom is 0.410 e. The third-order valence-corrected chi connectivity index (χ3v) is 8.88. The Balaban J connectivity index is 1.19. The van der Waals surface area contributed by atoms with Crippen LogP contribution in [0.25, 0.3) is 0 Å². The molecule has 240 valence electrons. The van der Waals surface area contributed by atoms with Gasteiger partial charge in [0.2, 0.25) is 11.8 Å². The number of piperazine rings is 1. The van der Waals surface area contributed by atoms with E-state index in [1.165, 1.54) is 6.08 Å². The highest BCUT2D eigenvalue weighted by molar-refractivity contribution is 5.87. The summed E-state index contributed by atoms with van der Waals surface area (Å²) >= 11 is 0. The van der Waals surface area contributed by atoms with E-state index in [2.05, 4.69) is 36.2 Å². The normalized spacial score (nSPS) is 34.4. The molecule has 11 nitrogen and oxygen atoms in total. The Bertz CT molecular complexity index is 1080. The van der Waals surface area contributed by atoms with Gasteiger partial charge in [0.15, 0.2) is 0 Å². The van der Waals surface area contributed by atoms with Crippen molar-refractivity contribution in [2.75, 3.05) is 39.8 Å². The van der Waals surface area contributed by atoms with Crippen molar-refractivity contribution in [2.45, 2.75) is 102 Å². The molecule has 0 radical (unpaired) electrons. The van der Waals surface area contributed by atoms with Crippen LogP contribution in [0.2, 0.25) is 0 Å². The minimum atomic E-state index is -0.505. The fourth-order valence-electron chi connectivity index (χ4n) is 6.06. The summed E-state index contributed by atoms with van der Waals surface area (Å²) in [5.74, 6) is -0.328. The number of nitrogens with zero attached hydrogens (tertiary/aromatic N) is 2. The first-order chi connectivity index (χ1) is 20.4. The van der Waals surface area contributed by atoms with Gasteiger partial charge < -0.3 is 39.8 Å². The number of carbonyl (C=O) groups is 3. The lowest BCUT2D eigenvalue weighted by atomic mass is 9.88. The van der Waals surface area contributed by atoms with Crippen LogP contribution in [0.1, 0.15) is 59.8 Å². The molecule has 4 aliphatic heterocycles. The molecule has 4 aliphatic rings. The monoisotopic (exact) mass is 602 g/mol. The van der Waals surface area contributed by atoms with Crippen molar-refractivity contribution in [3.63, 3.8) is 0 Å². The number of hydrogen-bond acceptors (Lipinski definition) is 8. The van der Waals surface area contributed by atoms with Crippen LogP contribution in [0.5, 0.6) is 0 Å². The van der Waals surface area contributed by atoms with Crippen molar-refractivity contribution in [3.8, 4) is 0 Å². The molecule has 43 heavy (non-hydrogen) atoms. The molecule has 4 fully saturated rings. The zero-order chi connectivity index (χ0) is 31.1. The van der Waals surface area contributed by atoms with E-state index in [0.717, 1.165) is 37.9 Å². The summed E-state index contributed by atoms with van der Waals surface area (Å²) in [4.78, 5) is 40.3. The third-order valence-electron chi connectivity index (χ3n) is 8.88. The van der Waals surface area contributed by atoms with Crippen molar-refractivity contribution in [1.82, 2.24) is 15.1 Å². The zero-order valence-corrected chi connectivity index (χ0v) is 26.3. The van der Waals surface area contributed by atoms with E-state index in [0.29, 0.717) is 26.1 Å². The number of likely N-dealkylation sites (N-methyl/N-ethyl adjacent to an activating group) is 1. The summed E-state index contributed by atoms with van der Waals surface area (Å²) in [5.41, 5.74) is 6.33. The van der Waals surface area contributed by atoms with E-state index in [4.69, 9.17) is 24.7 Å². The average molecular weight is 603 g/mol. The number of epoxide rings is 1. The van der Waals surface area contributed by atoms with E-state index in [1.54, 1.807) is 17.9 Å². The molecule has 4 saturated heterocycles. The van der Waals surface area contributed by atoms with Crippen LogP contribution in [0.15, 0.2) is 36.0 Å². The summed E-state index contributed by atoms with van der Waals surface area (Å²) in [7, 11) is 2.03. The quantitative estimate of drug-likeness (QED) is 0.221. The van der Waals surface area contributed by atoms with E-state index in [9.17, 15) is 14.4 Å². The molecule has 4 rings (SSSR count). The number of nitrogens with one attached hydrogen (secondary N) is 1. The van der Waals surface area contributed by atoms with E-state index >= 15 is 0 Å². The number of primary amides is 1. The maximum absolute atomic E-state index is 12.6. The molecule has 0 bridgehead atoms. The lowest BCUT2D eigenvalue weighted by molar-refractivity contribution is -0.125. The Morgan fingerprint density at radius 3 is 2.51 bits per heavy atom. The SMILES string of the molecule is CC(C=CC1CC2(CO2)CC(CC(N)=O)O1)=CCC1OC(C)C(NC(=O)C=CC(C)OC(=O)N2CCN(C)CC2)CC1C. The van der Waals surface area contributed by atoms with Crippen LogP contribution >= 0.6 is 0 Å². The number of hydrogen-bond donors (Lipinski definition) is 2. The molecular formula is C32H50N4O7. The molecular weight excluding hydrogens is 552 g/mol. The second-order valence-electron chi connectivity index (χ2n) is 12.8. The Labute approximate surface area is 255 Å². The maximum atomic E-state index is 12.6. The Morgan fingerprint density at radius 2 is 1.84 bits per heavy atom. The molecule has 4 heterocycles. The van der Waals surface area contributed by atoms with Gasteiger partial charge in [0.1, 0.15) is 6.10 Å². The van der Waals surface area contributed by atoms with Gasteiger partial charge in [0.25, 0.3) is 0 Å². The lowest BCUT2D eigenvalue weighted by Crippen LogP contribution is -2.50. The van der Waals surface area contributed by atoms with E-state index < -0.39 is 6.10 Å². The summed E-state index contributed by atoms with van der Waals surface area (Å²) in [6.45, 7) is 11.6. The molecule has 8 atom stereocenters. The van der Waals surface area contributed by atoms with Crippen molar-refractivity contribution in [3.05, 3.63) is 36.0 Å². The molecule has 3 amide bonds. The minimum absolute atomic E-state index is 0.0464. The number of nitrogens with two attached hydrogens (primary N) is 1. The number of amides is 3. The van der Waals surface area contributed by atoms with Gasteiger partial charge in [-0.25, -0.2) is 4.79 Å². The molecule has 0 aromatic heterocycles. The van der Waals surface area contributed by atoms with Crippen LogP contribution in [-0.4, -0.2) is 110 Å². The highest BCUT2D eigenvalue weighted by Crippen LogP contribution is 2.43. The van der Waals surface area contributed by atoms with Gasteiger partial charge in [-0.1, -0.05) is 30.7 Å². The number of allylic oxidation sites excluding steroid dienone is 2. The Hall–Kier alpha value is -2.73. The summed E-state index contributed by atoms with van der Waals surface area (Å²) in [5, 5.41) is 3.06. The van der Waals surface area contributed by atoms with E-state index in [1.807, 2.05) is 20.0 Å². The fraction of sp³-hybridized carbons (Fsp3) is 0.719. The highest BCUT2D eigenvalue weighted by atomic mass is 16.6. The summed E-state index contributed by atoms with van der Waals surface area (Å²) < 4.78 is 23.6. The van der Waals surface area contributed by atoms with E-state index in [-0.39, 0.29) is 66.3 Å². The number of ether oxygens (including phenoxy) is 4. The standard InChI is InChI=1S/C32H50N4O7/c1-21(6-9-25-18-32(20-40-32)19-26(43-25)17-29(33)37)7-10-28-22(2)16-27(24(4)42-28)34-30(38)11-8-23(3)41-31(39)36-14-12-35(5)13-15-36/h6-9,11,22-28H,10,12-20H2,1-5H3,(H2,33,37)(H,34,38). The predicted molar refractivity (Wildman–Crippen MR) is 162 cm³/mol. The van der Waals surface area contributed by atoms with Crippen LogP contribution in [0.3, 0.4) is 0 Å². The number of rotatable bonds is 10. The van der Waals surface area contributed by atoms with Gasteiger partial charge in [-0.3, -0.25) is 9.59 Å². The second kappa shape index (κ2) is 14.8. The first kappa shape index (κ1) is 33.2. The van der Waals surface area contributed by atoms with Crippen molar-refractivity contribution < 1.29 is 33.3 Å². The van der Waals surface area contributed by atoms with Crippen LogP contribution < -0.4 is 11.1 Å². The first-order valence-corrected chi connectivity index (χ1v) is 15.6. The predicted octanol–water partition coefficient (Wildman–Crippen LogP) is 2.70. The molecule has 0 aromatic rings. The van der Waals surface area contributed by atoms with Gasteiger partial charge in [0, 0.05) is 45.1 Å². The van der Waals surface area contributed by atoms with Crippen molar-refractivity contribution in [1.29, 1.82) is 0 Å². The van der Waals surface area contributed by atoms with Crippen LogP contribution in [0, 0.1) is 5.92 Å². The number of carbonyl (C=O) groups excluding carboxylic acids is 3. The third kappa shape index (κ3) is 10.2. The molecule has 3 N–H and O–H groups in total. The Kier molecular flexibility index (Phi) is 11.4. The molecule has 0 saturated carbocycles. The molecule has 0 aliphatic carbocycles. The Morgan fingerprint density at radius 1 is 1.12 bits per heavy atom. The molecule has 0 aromatic carbocycles. The summed E-state index contributed by atoms with van der Waals surface area (Å²) in [6.07, 6.45) is 11.3. The molecule has 8 unspecified atom stereocenters. The van der Waals surface area contributed by atoms with Gasteiger partial charge in [0.05, 0.1) is 49.1 Å². The van der Waals surface area contributed by atoms with Gasteiger partial charge in [-0.15, -0.1) is 0 Å².